The summed E-state index contributed by atoms with van der Waals surface area (Å²) in [6.45, 7) is 0. The molecule has 0 aliphatic rings. The first-order valence-corrected chi connectivity index (χ1v) is 7.44. The molecule has 0 spiro atoms. The average Bonchev–Trinajstić information content (AvgIpc) is 2.80. The normalized spacial score (nSPS) is 11.1. The number of pyridine rings is 1. The maximum Gasteiger partial charge on any atom is 0.194 e. The lowest BCUT2D eigenvalue weighted by molar-refractivity contribution is 0.598. The molecular formula is C11H8N2O2S2. The molecule has 86 valence electrons. The van der Waals surface area contributed by atoms with Gasteiger partial charge in [-0.1, -0.05) is 6.07 Å². The molecule has 0 aliphatic carbocycles. The molecule has 0 amide bonds. The molecule has 0 atom stereocenters. The third-order valence-corrected chi connectivity index (χ3v) is 4.01. The standard InChI is InChI=1S/C11H8N2O2S2/c1-17(14,15)11-8(7-12)4-5-9(13-11)10-3-2-6-16-10/h2-6H,1H3. The molecule has 0 fully saturated rings. The first-order valence-electron chi connectivity index (χ1n) is 4.67. The zero-order chi connectivity index (χ0) is 12.5. The van der Waals surface area contributed by atoms with Crippen molar-refractivity contribution in [3.05, 3.63) is 35.2 Å². The zero-order valence-corrected chi connectivity index (χ0v) is 10.5. The molecule has 4 nitrogen and oxygen atoms in total. The van der Waals surface area contributed by atoms with E-state index in [1.807, 2.05) is 23.6 Å². The van der Waals surface area contributed by atoms with Crippen molar-refractivity contribution < 1.29 is 8.42 Å². The fraction of sp³-hybridized carbons (Fsp3) is 0.0909. The van der Waals surface area contributed by atoms with Crippen molar-refractivity contribution in [2.75, 3.05) is 6.26 Å². The molecule has 2 rings (SSSR count). The van der Waals surface area contributed by atoms with Crippen LogP contribution in [0.2, 0.25) is 0 Å². The van der Waals surface area contributed by atoms with Gasteiger partial charge in [-0.25, -0.2) is 13.4 Å². The molecule has 0 radical (unpaired) electrons. The van der Waals surface area contributed by atoms with E-state index >= 15 is 0 Å². The second kappa shape index (κ2) is 4.28. The van der Waals surface area contributed by atoms with Crippen molar-refractivity contribution in [2.24, 2.45) is 0 Å². The van der Waals surface area contributed by atoms with Gasteiger partial charge in [0.05, 0.1) is 16.1 Å². The Morgan fingerprint density at radius 2 is 2.12 bits per heavy atom. The largest absolute Gasteiger partial charge is 0.234 e. The topological polar surface area (TPSA) is 70.8 Å². The van der Waals surface area contributed by atoms with E-state index in [0.717, 1.165) is 11.1 Å². The molecule has 0 saturated heterocycles. The van der Waals surface area contributed by atoms with Crippen LogP contribution < -0.4 is 0 Å². The fourth-order valence-electron chi connectivity index (χ4n) is 1.37. The van der Waals surface area contributed by atoms with Gasteiger partial charge in [-0.3, -0.25) is 0 Å². The van der Waals surface area contributed by atoms with Crippen LogP contribution in [0.4, 0.5) is 0 Å². The first kappa shape index (κ1) is 11.8. The van der Waals surface area contributed by atoms with Crippen LogP contribution in [0.25, 0.3) is 10.6 Å². The van der Waals surface area contributed by atoms with Crippen LogP contribution in [0, 0.1) is 11.3 Å². The smallest absolute Gasteiger partial charge is 0.194 e. The molecule has 0 N–H and O–H groups in total. The van der Waals surface area contributed by atoms with E-state index in [-0.39, 0.29) is 10.6 Å². The van der Waals surface area contributed by atoms with E-state index < -0.39 is 9.84 Å². The van der Waals surface area contributed by atoms with Crippen LogP contribution in [-0.4, -0.2) is 19.7 Å². The Balaban J connectivity index is 2.66. The minimum absolute atomic E-state index is 0.0767. The highest BCUT2D eigenvalue weighted by Gasteiger charge is 2.16. The number of aromatic nitrogens is 1. The predicted octanol–water partition coefficient (Wildman–Crippen LogP) is 2.09. The van der Waals surface area contributed by atoms with Crippen LogP contribution >= 0.6 is 11.3 Å². The Bertz CT molecular complexity index is 683. The van der Waals surface area contributed by atoms with Gasteiger partial charge in [-0.2, -0.15) is 5.26 Å². The molecule has 0 bridgehead atoms. The Morgan fingerprint density at radius 3 is 2.65 bits per heavy atom. The number of hydrogen-bond acceptors (Lipinski definition) is 5. The summed E-state index contributed by atoms with van der Waals surface area (Å²) in [5.41, 5.74) is 0.646. The number of rotatable bonds is 2. The van der Waals surface area contributed by atoms with Crippen LogP contribution in [-0.2, 0) is 9.84 Å². The molecule has 0 unspecified atom stereocenters. The second-order valence-electron chi connectivity index (χ2n) is 3.41. The zero-order valence-electron chi connectivity index (χ0n) is 8.91. The van der Waals surface area contributed by atoms with E-state index in [1.54, 1.807) is 6.07 Å². The molecule has 2 aromatic rings. The summed E-state index contributed by atoms with van der Waals surface area (Å²) in [5, 5.41) is 10.6. The quantitative estimate of drug-likeness (QED) is 0.832. The Labute approximate surface area is 103 Å². The summed E-state index contributed by atoms with van der Waals surface area (Å²) >= 11 is 1.47. The van der Waals surface area contributed by atoms with Crippen LogP contribution in [0.1, 0.15) is 5.56 Å². The number of sulfone groups is 1. The lowest BCUT2D eigenvalue weighted by Gasteiger charge is -2.03. The molecule has 0 aromatic carbocycles. The summed E-state index contributed by atoms with van der Waals surface area (Å²) in [7, 11) is -3.49. The average molecular weight is 264 g/mol. The highest BCUT2D eigenvalue weighted by molar-refractivity contribution is 7.90. The van der Waals surface area contributed by atoms with E-state index in [9.17, 15) is 8.42 Å². The summed E-state index contributed by atoms with van der Waals surface area (Å²) < 4.78 is 23.0. The van der Waals surface area contributed by atoms with Crippen molar-refractivity contribution in [1.29, 1.82) is 5.26 Å². The predicted molar refractivity (Wildman–Crippen MR) is 65.4 cm³/mol. The Hall–Kier alpha value is -1.71. The number of hydrogen-bond donors (Lipinski definition) is 0. The van der Waals surface area contributed by atoms with Gasteiger partial charge in [-0.05, 0) is 23.6 Å². The highest BCUT2D eigenvalue weighted by Crippen LogP contribution is 2.25. The molecular weight excluding hydrogens is 256 g/mol. The minimum atomic E-state index is -3.49. The van der Waals surface area contributed by atoms with Crippen LogP contribution in [0.15, 0.2) is 34.7 Å². The van der Waals surface area contributed by atoms with Gasteiger partial charge >= 0.3 is 0 Å². The minimum Gasteiger partial charge on any atom is -0.234 e. The van der Waals surface area contributed by atoms with Crippen molar-refractivity contribution in [1.82, 2.24) is 4.98 Å². The summed E-state index contributed by atoms with van der Waals surface area (Å²) in [6.07, 6.45) is 1.05. The number of thiophene rings is 1. The third-order valence-electron chi connectivity index (χ3n) is 2.11. The molecule has 0 aliphatic heterocycles. The van der Waals surface area contributed by atoms with Gasteiger partial charge in [0.25, 0.3) is 0 Å². The Kier molecular flexibility index (Phi) is 2.96. The number of nitriles is 1. The van der Waals surface area contributed by atoms with E-state index in [1.165, 1.54) is 17.4 Å². The van der Waals surface area contributed by atoms with Gasteiger partial charge in [0.15, 0.2) is 14.9 Å². The molecule has 2 aromatic heterocycles. The van der Waals surface area contributed by atoms with Crippen molar-refractivity contribution >= 4 is 21.2 Å². The van der Waals surface area contributed by atoms with Crippen molar-refractivity contribution in [3.8, 4) is 16.6 Å². The van der Waals surface area contributed by atoms with Gasteiger partial charge in [-0.15, -0.1) is 11.3 Å². The van der Waals surface area contributed by atoms with Gasteiger partial charge in [0.2, 0.25) is 0 Å². The highest BCUT2D eigenvalue weighted by atomic mass is 32.2. The lowest BCUT2D eigenvalue weighted by Crippen LogP contribution is -2.04. The summed E-state index contributed by atoms with van der Waals surface area (Å²) in [4.78, 5) is 4.93. The van der Waals surface area contributed by atoms with Crippen molar-refractivity contribution in [3.63, 3.8) is 0 Å². The van der Waals surface area contributed by atoms with Crippen molar-refractivity contribution in [2.45, 2.75) is 5.03 Å². The van der Waals surface area contributed by atoms with Gasteiger partial charge < -0.3 is 0 Å². The SMILES string of the molecule is CS(=O)(=O)c1nc(-c2cccs2)ccc1C#N. The van der Waals surface area contributed by atoms with Gasteiger partial charge in [0.1, 0.15) is 6.07 Å². The second-order valence-corrected chi connectivity index (χ2v) is 6.29. The van der Waals surface area contributed by atoms with E-state index in [2.05, 4.69) is 4.98 Å². The molecule has 6 heteroatoms. The Morgan fingerprint density at radius 1 is 1.35 bits per heavy atom. The maximum absolute atomic E-state index is 11.5. The van der Waals surface area contributed by atoms with E-state index in [4.69, 9.17) is 5.26 Å². The maximum atomic E-state index is 11.5. The fourth-order valence-corrected chi connectivity index (χ4v) is 2.84. The molecule has 2 heterocycles. The monoisotopic (exact) mass is 264 g/mol. The summed E-state index contributed by atoms with van der Waals surface area (Å²) in [6, 6.07) is 8.69. The first-order chi connectivity index (χ1) is 8.02. The van der Waals surface area contributed by atoms with Crippen LogP contribution in [0.5, 0.6) is 0 Å². The third kappa shape index (κ3) is 2.35. The number of nitrogens with zero attached hydrogens (tertiary/aromatic N) is 2. The lowest BCUT2D eigenvalue weighted by atomic mass is 10.2. The summed E-state index contributed by atoms with van der Waals surface area (Å²) in [5.74, 6) is 0. The molecule has 0 saturated carbocycles. The van der Waals surface area contributed by atoms with Gasteiger partial charge in [0, 0.05) is 6.26 Å². The van der Waals surface area contributed by atoms with E-state index in [0.29, 0.717) is 5.69 Å². The molecule has 17 heavy (non-hydrogen) atoms. The van der Waals surface area contributed by atoms with Crippen LogP contribution in [0.3, 0.4) is 0 Å².